The number of aromatic nitrogens is 1. The summed E-state index contributed by atoms with van der Waals surface area (Å²) in [4.78, 5) is 20.7. The van der Waals surface area contributed by atoms with Crippen molar-refractivity contribution in [3.63, 3.8) is 0 Å². The van der Waals surface area contributed by atoms with Gasteiger partial charge in [-0.1, -0.05) is 18.9 Å². The van der Waals surface area contributed by atoms with Crippen LogP contribution in [0.4, 0.5) is 0 Å². The van der Waals surface area contributed by atoms with Crippen molar-refractivity contribution in [3.05, 3.63) is 35.0 Å². The molecule has 124 valence electrons. The van der Waals surface area contributed by atoms with E-state index in [0.717, 1.165) is 22.2 Å². The number of nitrogens with zero attached hydrogens (tertiary/aromatic N) is 2. The molecular formula is C17H18N4O2S. The predicted molar refractivity (Wildman–Crippen MR) is 94.5 cm³/mol. The number of thiazole rings is 1. The molecule has 0 radical (unpaired) electrons. The predicted octanol–water partition coefficient (Wildman–Crippen LogP) is 1.87. The Morgan fingerprint density at radius 3 is 3.12 bits per heavy atom. The number of aliphatic hydroxyl groups is 1. The summed E-state index contributed by atoms with van der Waals surface area (Å²) >= 11 is 1.57. The van der Waals surface area contributed by atoms with Gasteiger partial charge >= 0.3 is 0 Å². The molecule has 1 saturated carbocycles. The van der Waals surface area contributed by atoms with Gasteiger partial charge in [0.2, 0.25) is 5.96 Å². The number of carbonyl (C=O) groups excluding carboxylic acids is 1. The van der Waals surface area contributed by atoms with Crippen LogP contribution >= 0.6 is 11.3 Å². The highest BCUT2D eigenvalue weighted by Gasteiger charge is 2.27. The molecule has 2 aliphatic rings. The summed E-state index contributed by atoms with van der Waals surface area (Å²) in [5, 5.41) is 15.3. The molecule has 1 atom stereocenters. The molecule has 4 rings (SSSR count). The third kappa shape index (κ3) is 3.32. The van der Waals surface area contributed by atoms with Crippen LogP contribution in [0.1, 0.15) is 24.8 Å². The van der Waals surface area contributed by atoms with E-state index in [1.165, 1.54) is 12.8 Å². The van der Waals surface area contributed by atoms with Gasteiger partial charge in [-0.25, -0.2) is 9.98 Å². The van der Waals surface area contributed by atoms with Gasteiger partial charge in [0.1, 0.15) is 5.70 Å². The van der Waals surface area contributed by atoms with Gasteiger partial charge in [-0.15, -0.1) is 11.3 Å². The second-order valence-electron chi connectivity index (χ2n) is 6.23. The fourth-order valence-corrected chi connectivity index (χ4v) is 3.51. The van der Waals surface area contributed by atoms with Gasteiger partial charge in [-0.05, 0) is 36.1 Å². The second-order valence-corrected chi connectivity index (χ2v) is 7.11. The third-order valence-electron chi connectivity index (χ3n) is 4.23. The zero-order valence-electron chi connectivity index (χ0n) is 13.0. The summed E-state index contributed by atoms with van der Waals surface area (Å²) in [7, 11) is 0. The quantitative estimate of drug-likeness (QED) is 0.724. The van der Waals surface area contributed by atoms with E-state index in [9.17, 15) is 9.90 Å². The topological polar surface area (TPSA) is 86.6 Å². The minimum absolute atomic E-state index is 0.0342. The third-order valence-corrected chi connectivity index (χ3v) is 5.02. The van der Waals surface area contributed by atoms with Gasteiger partial charge in [0.15, 0.2) is 0 Å². The van der Waals surface area contributed by atoms with Crippen LogP contribution < -0.4 is 10.6 Å². The fourth-order valence-electron chi connectivity index (χ4n) is 2.78. The highest BCUT2D eigenvalue weighted by molar-refractivity contribution is 7.16. The van der Waals surface area contributed by atoms with Gasteiger partial charge in [-0.3, -0.25) is 10.1 Å². The van der Waals surface area contributed by atoms with Crippen LogP contribution in [0.25, 0.3) is 16.3 Å². The average Bonchev–Trinajstić information content (AvgIpc) is 3.15. The molecule has 0 bridgehead atoms. The molecule has 0 saturated heterocycles. The fraction of sp³-hybridized carbons (Fsp3) is 0.353. The number of benzene rings is 1. The first-order valence-electron chi connectivity index (χ1n) is 8.03. The summed E-state index contributed by atoms with van der Waals surface area (Å²) in [5.74, 6) is 0.878. The molecule has 2 heterocycles. The first-order valence-corrected chi connectivity index (χ1v) is 8.91. The van der Waals surface area contributed by atoms with E-state index in [2.05, 4.69) is 20.6 Å². The number of aliphatic imine (C=N–C) groups is 1. The van der Waals surface area contributed by atoms with Crippen LogP contribution in [0.3, 0.4) is 0 Å². The van der Waals surface area contributed by atoms with E-state index >= 15 is 0 Å². The van der Waals surface area contributed by atoms with Crippen LogP contribution in [0.15, 0.2) is 34.4 Å². The van der Waals surface area contributed by atoms with Crippen LogP contribution in [0.5, 0.6) is 0 Å². The monoisotopic (exact) mass is 342 g/mol. The molecule has 1 aliphatic heterocycles. The Morgan fingerprint density at radius 2 is 2.33 bits per heavy atom. The minimum Gasteiger partial charge on any atom is -0.394 e. The molecule has 24 heavy (non-hydrogen) atoms. The largest absolute Gasteiger partial charge is 0.394 e. The van der Waals surface area contributed by atoms with Crippen LogP contribution in [-0.4, -0.2) is 34.6 Å². The van der Waals surface area contributed by atoms with Crippen molar-refractivity contribution in [1.29, 1.82) is 0 Å². The Labute approximate surface area is 143 Å². The maximum absolute atomic E-state index is 12.1. The van der Waals surface area contributed by atoms with Gasteiger partial charge in [0.05, 0.1) is 28.4 Å². The lowest BCUT2D eigenvalue weighted by atomic mass is 10.1. The molecule has 6 nitrogen and oxygen atoms in total. The zero-order chi connectivity index (χ0) is 16.5. The number of nitrogens with one attached hydrogen (secondary N) is 2. The van der Waals surface area contributed by atoms with E-state index < -0.39 is 0 Å². The maximum Gasteiger partial charge on any atom is 0.276 e. The van der Waals surface area contributed by atoms with E-state index in [1.54, 1.807) is 22.9 Å². The number of guanidine groups is 1. The maximum atomic E-state index is 12.1. The average molecular weight is 342 g/mol. The number of hydrogen-bond acceptors (Lipinski definition) is 6. The zero-order valence-corrected chi connectivity index (χ0v) is 13.8. The van der Waals surface area contributed by atoms with Crippen LogP contribution in [0, 0.1) is 5.92 Å². The lowest BCUT2D eigenvalue weighted by molar-refractivity contribution is -0.115. The number of hydrogen-bond donors (Lipinski definition) is 3. The molecule has 2 aromatic rings. The van der Waals surface area contributed by atoms with Gasteiger partial charge in [0.25, 0.3) is 5.91 Å². The highest BCUT2D eigenvalue weighted by atomic mass is 32.1. The Balaban J connectivity index is 1.51. The summed E-state index contributed by atoms with van der Waals surface area (Å²) in [6.45, 7) is 0.0342. The Kier molecular flexibility index (Phi) is 4.03. The first kappa shape index (κ1) is 15.3. The summed E-state index contributed by atoms with van der Waals surface area (Å²) in [6.07, 6.45) is 5.12. The number of carbonyl (C=O) groups is 1. The van der Waals surface area contributed by atoms with Gasteiger partial charge in [0, 0.05) is 0 Å². The van der Waals surface area contributed by atoms with Gasteiger partial charge < -0.3 is 10.4 Å². The normalized spacial score (nSPS) is 20.3. The minimum atomic E-state index is -0.231. The van der Waals surface area contributed by atoms with Gasteiger partial charge in [-0.2, -0.15) is 0 Å². The lowest BCUT2D eigenvalue weighted by Crippen LogP contribution is -2.44. The van der Waals surface area contributed by atoms with Crippen molar-refractivity contribution in [2.75, 3.05) is 6.61 Å². The molecule has 1 aliphatic carbocycles. The van der Waals surface area contributed by atoms with Crippen molar-refractivity contribution < 1.29 is 9.90 Å². The summed E-state index contributed by atoms with van der Waals surface area (Å²) in [5.41, 5.74) is 4.04. The van der Waals surface area contributed by atoms with E-state index in [0.29, 0.717) is 17.6 Å². The van der Waals surface area contributed by atoms with Crippen LogP contribution in [0.2, 0.25) is 0 Å². The highest BCUT2D eigenvalue weighted by Crippen LogP contribution is 2.33. The van der Waals surface area contributed by atoms with E-state index in [1.807, 2.05) is 18.2 Å². The standard InChI is InChI=1S/C17H18N4O2S/c22-8-12(5-10-1-2-10)19-17-20-14(16(23)21-17)6-11-3-4-13-15(7-11)24-9-18-13/h3-4,6-7,9-10,12,22H,1-2,5,8H2,(H2,19,20,21,23)/b14-6-/t12-/m1/s1. The lowest BCUT2D eigenvalue weighted by Gasteiger charge is -2.16. The first-order chi connectivity index (χ1) is 11.7. The number of rotatable bonds is 5. The number of aliphatic hydroxyl groups excluding tert-OH is 1. The summed E-state index contributed by atoms with van der Waals surface area (Å²) < 4.78 is 1.08. The smallest absolute Gasteiger partial charge is 0.276 e. The molecule has 3 N–H and O–H groups in total. The Bertz CT molecular complexity index is 838. The number of fused-ring (bicyclic) bond motifs is 1. The molecule has 1 fully saturated rings. The Hall–Kier alpha value is -2.25. The molecule has 1 aromatic heterocycles. The summed E-state index contributed by atoms with van der Waals surface area (Å²) in [6, 6.07) is 5.79. The second kappa shape index (κ2) is 6.33. The molecule has 0 unspecified atom stereocenters. The van der Waals surface area contributed by atoms with Crippen molar-refractivity contribution in [1.82, 2.24) is 15.6 Å². The van der Waals surface area contributed by atoms with Crippen molar-refractivity contribution >= 4 is 39.5 Å². The molecular weight excluding hydrogens is 324 g/mol. The number of amides is 1. The molecule has 1 aromatic carbocycles. The van der Waals surface area contributed by atoms with Crippen LogP contribution in [-0.2, 0) is 4.79 Å². The molecule has 0 spiro atoms. The molecule has 1 amide bonds. The van der Waals surface area contributed by atoms with E-state index in [-0.39, 0.29) is 18.6 Å². The Morgan fingerprint density at radius 1 is 1.46 bits per heavy atom. The SMILES string of the molecule is O=C1NC(N[C@@H](CO)CC2CC2)=N/C1=C\c1ccc2ncsc2c1. The van der Waals surface area contributed by atoms with Crippen molar-refractivity contribution in [2.45, 2.75) is 25.3 Å². The van der Waals surface area contributed by atoms with Crippen molar-refractivity contribution in [2.24, 2.45) is 10.9 Å². The molecule has 7 heteroatoms. The van der Waals surface area contributed by atoms with Crippen molar-refractivity contribution in [3.8, 4) is 0 Å². The van der Waals surface area contributed by atoms with E-state index in [4.69, 9.17) is 0 Å².